The molecule has 0 atom stereocenters. The number of benzene rings is 2. The Morgan fingerprint density at radius 3 is 2.05 bits per heavy atom. The molecule has 3 nitrogen and oxygen atoms in total. The van der Waals surface area contributed by atoms with Crippen molar-refractivity contribution in [2.45, 2.75) is 6.92 Å². The van der Waals surface area contributed by atoms with Crippen molar-refractivity contribution in [3.63, 3.8) is 0 Å². The summed E-state index contributed by atoms with van der Waals surface area (Å²) in [7, 11) is 1.31. The van der Waals surface area contributed by atoms with Gasteiger partial charge in [-0.25, -0.2) is 4.79 Å². The number of carbonyl (C=O) groups excluding carboxylic acids is 2. The Hall–Kier alpha value is -2.20. The van der Waals surface area contributed by atoms with Gasteiger partial charge in [0.05, 0.1) is 12.7 Å². The standard InChI is InChI=1S/C18H15BrO3/c1-12(17(20)14-6-4-3-5-7-14)16(18(21)22-2)13-8-10-15(19)11-9-13/h3-11H,1-2H3/b16-12-. The van der Waals surface area contributed by atoms with Gasteiger partial charge in [0.1, 0.15) is 0 Å². The minimum Gasteiger partial charge on any atom is -0.465 e. The number of Topliss-reactive ketones (excluding diaryl/α,β-unsaturated/α-hetero) is 1. The maximum atomic E-state index is 12.6. The van der Waals surface area contributed by atoms with E-state index in [0.717, 1.165) is 4.47 Å². The molecule has 2 aromatic rings. The molecule has 0 aliphatic rings. The van der Waals surface area contributed by atoms with E-state index < -0.39 is 5.97 Å². The zero-order valence-corrected chi connectivity index (χ0v) is 13.9. The maximum absolute atomic E-state index is 12.6. The van der Waals surface area contributed by atoms with E-state index >= 15 is 0 Å². The second-order valence-electron chi connectivity index (χ2n) is 4.69. The lowest BCUT2D eigenvalue weighted by molar-refractivity contribution is -0.133. The first-order chi connectivity index (χ1) is 10.5. The second-order valence-corrected chi connectivity index (χ2v) is 5.61. The summed E-state index contributed by atoms with van der Waals surface area (Å²) in [5.41, 5.74) is 1.83. The maximum Gasteiger partial charge on any atom is 0.338 e. The van der Waals surface area contributed by atoms with Gasteiger partial charge >= 0.3 is 5.97 Å². The Morgan fingerprint density at radius 2 is 1.50 bits per heavy atom. The molecule has 0 radical (unpaired) electrons. The first-order valence-electron chi connectivity index (χ1n) is 6.69. The number of carbonyl (C=O) groups is 2. The molecule has 0 amide bonds. The van der Waals surface area contributed by atoms with E-state index in [0.29, 0.717) is 16.7 Å². The van der Waals surface area contributed by atoms with E-state index in [1.165, 1.54) is 7.11 Å². The van der Waals surface area contributed by atoms with Crippen LogP contribution in [0.25, 0.3) is 5.57 Å². The highest BCUT2D eigenvalue weighted by Crippen LogP contribution is 2.24. The van der Waals surface area contributed by atoms with Crippen LogP contribution in [-0.4, -0.2) is 18.9 Å². The van der Waals surface area contributed by atoms with Gasteiger partial charge in [-0.1, -0.05) is 58.4 Å². The lowest BCUT2D eigenvalue weighted by Gasteiger charge is -2.10. The Morgan fingerprint density at radius 1 is 0.909 bits per heavy atom. The summed E-state index contributed by atoms with van der Waals surface area (Å²) in [4.78, 5) is 24.7. The van der Waals surface area contributed by atoms with Crippen LogP contribution in [0.15, 0.2) is 64.6 Å². The second kappa shape index (κ2) is 7.18. The molecule has 4 heteroatoms. The van der Waals surface area contributed by atoms with Crippen molar-refractivity contribution in [2.75, 3.05) is 7.11 Å². The average molecular weight is 359 g/mol. The van der Waals surface area contributed by atoms with Crippen molar-refractivity contribution in [1.29, 1.82) is 0 Å². The molecule has 0 unspecified atom stereocenters. The van der Waals surface area contributed by atoms with Crippen molar-refractivity contribution in [3.05, 3.63) is 75.8 Å². The molecule has 112 valence electrons. The van der Waals surface area contributed by atoms with Crippen LogP contribution in [0.2, 0.25) is 0 Å². The Labute approximate surface area is 137 Å². The zero-order chi connectivity index (χ0) is 16.1. The quantitative estimate of drug-likeness (QED) is 0.465. The van der Waals surface area contributed by atoms with E-state index in [1.54, 1.807) is 43.3 Å². The number of ether oxygens (including phenoxy) is 1. The normalized spacial score (nSPS) is 11.6. The van der Waals surface area contributed by atoms with E-state index in [2.05, 4.69) is 15.9 Å². The average Bonchev–Trinajstić information content (AvgIpc) is 2.56. The largest absolute Gasteiger partial charge is 0.465 e. The van der Waals surface area contributed by atoms with Crippen LogP contribution in [0.1, 0.15) is 22.8 Å². The number of ketones is 1. The van der Waals surface area contributed by atoms with Gasteiger partial charge in [-0.2, -0.15) is 0 Å². The predicted octanol–water partition coefficient (Wildman–Crippen LogP) is 4.28. The van der Waals surface area contributed by atoms with Crippen LogP contribution in [-0.2, 0) is 9.53 Å². The minimum absolute atomic E-state index is 0.191. The summed E-state index contributed by atoms with van der Waals surface area (Å²) in [5.74, 6) is -0.715. The van der Waals surface area contributed by atoms with Gasteiger partial charge in [0, 0.05) is 15.6 Å². The van der Waals surface area contributed by atoms with E-state index in [9.17, 15) is 9.59 Å². The number of hydrogen-bond acceptors (Lipinski definition) is 3. The fourth-order valence-corrected chi connectivity index (χ4v) is 2.39. The molecular weight excluding hydrogens is 344 g/mol. The minimum atomic E-state index is -0.524. The highest BCUT2D eigenvalue weighted by Gasteiger charge is 2.20. The molecule has 2 rings (SSSR count). The molecule has 0 heterocycles. The van der Waals surface area contributed by atoms with Crippen molar-refractivity contribution in [3.8, 4) is 0 Å². The molecular formula is C18H15BrO3. The van der Waals surface area contributed by atoms with Crippen molar-refractivity contribution in [1.82, 2.24) is 0 Å². The molecule has 0 spiro atoms. The molecule has 0 aromatic heterocycles. The summed E-state index contributed by atoms with van der Waals surface area (Å²) >= 11 is 3.35. The van der Waals surface area contributed by atoms with Crippen molar-refractivity contribution in [2.24, 2.45) is 0 Å². The van der Waals surface area contributed by atoms with Gasteiger partial charge in [-0.05, 0) is 24.6 Å². The van der Waals surface area contributed by atoms with Gasteiger partial charge in [-0.15, -0.1) is 0 Å². The fourth-order valence-electron chi connectivity index (χ4n) is 2.13. The summed E-state index contributed by atoms with van der Waals surface area (Å²) < 4.78 is 5.74. The van der Waals surface area contributed by atoms with E-state index in [1.807, 2.05) is 18.2 Å². The first-order valence-corrected chi connectivity index (χ1v) is 7.48. The molecule has 0 saturated carbocycles. The molecule has 0 aliphatic heterocycles. The van der Waals surface area contributed by atoms with E-state index in [-0.39, 0.29) is 11.4 Å². The van der Waals surface area contributed by atoms with Crippen molar-refractivity contribution < 1.29 is 14.3 Å². The Kier molecular flexibility index (Phi) is 5.28. The van der Waals surface area contributed by atoms with Crippen molar-refractivity contribution >= 4 is 33.3 Å². The van der Waals surface area contributed by atoms with Crippen LogP contribution < -0.4 is 0 Å². The van der Waals surface area contributed by atoms with Gasteiger partial charge in [0.25, 0.3) is 0 Å². The lowest BCUT2D eigenvalue weighted by atomic mass is 9.95. The number of hydrogen-bond donors (Lipinski definition) is 0. The Bertz CT molecular complexity index is 716. The third-order valence-electron chi connectivity index (χ3n) is 3.27. The van der Waals surface area contributed by atoms with Crippen LogP contribution in [0.4, 0.5) is 0 Å². The molecule has 0 bridgehead atoms. The monoisotopic (exact) mass is 358 g/mol. The van der Waals surface area contributed by atoms with Crippen LogP contribution >= 0.6 is 15.9 Å². The number of halogens is 1. The number of methoxy groups -OCH3 is 1. The molecule has 0 aliphatic carbocycles. The fraction of sp³-hybridized carbons (Fsp3) is 0.111. The van der Waals surface area contributed by atoms with Gasteiger partial charge in [0.2, 0.25) is 0 Å². The summed E-state index contributed by atoms with van der Waals surface area (Å²) in [5, 5.41) is 0. The summed E-state index contributed by atoms with van der Waals surface area (Å²) in [6.45, 7) is 1.64. The molecule has 2 aromatic carbocycles. The highest BCUT2D eigenvalue weighted by atomic mass is 79.9. The van der Waals surface area contributed by atoms with E-state index in [4.69, 9.17) is 4.74 Å². The number of rotatable bonds is 4. The lowest BCUT2D eigenvalue weighted by Crippen LogP contribution is -2.11. The van der Waals surface area contributed by atoms with Gasteiger partial charge in [0.15, 0.2) is 5.78 Å². The molecule has 22 heavy (non-hydrogen) atoms. The topological polar surface area (TPSA) is 43.4 Å². The molecule has 0 fully saturated rings. The zero-order valence-electron chi connectivity index (χ0n) is 12.3. The van der Waals surface area contributed by atoms with Crippen LogP contribution in [0, 0.1) is 0 Å². The summed E-state index contributed by atoms with van der Waals surface area (Å²) in [6.07, 6.45) is 0. The van der Waals surface area contributed by atoms with Crippen LogP contribution in [0.5, 0.6) is 0 Å². The number of allylic oxidation sites excluding steroid dienone is 1. The SMILES string of the molecule is COC(=O)/C(=C(/C)C(=O)c1ccccc1)c1ccc(Br)cc1. The molecule has 0 saturated heterocycles. The third-order valence-corrected chi connectivity index (χ3v) is 3.80. The van der Waals surface area contributed by atoms with Gasteiger partial charge < -0.3 is 4.74 Å². The Balaban J connectivity index is 2.54. The van der Waals surface area contributed by atoms with Crippen LogP contribution in [0.3, 0.4) is 0 Å². The predicted molar refractivity (Wildman–Crippen MR) is 89.5 cm³/mol. The highest BCUT2D eigenvalue weighted by molar-refractivity contribution is 9.10. The summed E-state index contributed by atoms with van der Waals surface area (Å²) in [6, 6.07) is 16.1. The first kappa shape index (κ1) is 16.2. The molecule has 0 N–H and O–H groups in total. The van der Waals surface area contributed by atoms with Gasteiger partial charge in [-0.3, -0.25) is 4.79 Å². The smallest absolute Gasteiger partial charge is 0.338 e. The number of esters is 1. The third kappa shape index (κ3) is 3.52.